The SMILES string of the molecule is CCCc1cc(Cl)nc(C(OC)c2ccccc2)n1. The van der Waals surface area contributed by atoms with Crippen LogP contribution in [-0.4, -0.2) is 17.1 Å². The highest BCUT2D eigenvalue weighted by atomic mass is 35.5. The summed E-state index contributed by atoms with van der Waals surface area (Å²) >= 11 is 6.07. The number of halogens is 1. The lowest BCUT2D eigenvalue weighted by Gasteiger charge is -2.15. The number of hydrogen-bond donors (Lipinski definition) is 0. The number of aryl methyl sites for hydroxylation is 1. The van der Waals surface area contributed by atoms with Crippen molar-refractivity contribution in [3.05, 3.63) is 58.6 Å². The highest BCUT2D eigenvalue weighted by Crippen LogP contribution is 2.24. The smallest absolute Gasteiger partial charge is 0.163 e. The molecule has 3 nitrogen and oxygen atoms in total. The third-order valence-corrected chi connectivity index (χ3v) is 3.04. The highest BCUT2D eigenvalue weighted by molar-refractivity contribution is 6.29. The molecule has 0 amide bonds. The summed E-state index contributed by atoms with van der Waals surface area (Å²) in [6, 6.07) is 11.7. The van der Waals surface area contributed by atoms with Crippen molar-refractivity contribution in [2.75, 3.05) is 7.11 Å². The number of benzene rings is 1. The van der Waals surface area contributed by atoms with Gasteiger partial charge in [-0.15, -0.1) is 0 Å². The van der Waals surface area contributed by atoms with Crippen molar-refractivity contribution in [1.29, 1.82) is 0 Å². The van der Waals surface area contributed by atoms with E-state index in [1.807, 2.05) is 36.4 Å². The van der Waals surface area contributed by atoms with Crippen LogP contribution in [0.15, 0.2) is 36.4 Å². The molecule has 4 heteroatoms. The third-order valence-electron chi connectivity index (χ3n) is 2.84. The molecule has 1 aromatic carbocycles. The van der Waals surface area contributed by atoms with E-state index in [-0.39, 0.29) is 6.10 Å². The van der Waals surface area contributed by atoms with Crippen molar-refractivity contribution < 1.29 is 4.74 Å². The fourth-order valence-corrected chi connectivity index (χ4v) is 2.22. The van der Waals surface area contributed by atoms with Crippen molar-refractivity contribution in [2.24, 2.45) is 0 Å². The maximum Gasteiger partial charge on any atom is 0.163 e. The van der Waals surface area contributed by atoms with Gasteiger partial charge in [-0.25, -0.2) is 9.97 Å². The minimum absolute atomic E-state index is 0.282. The van der Waals surface area contributed by atoms with E-state index in [1.165, 1.54) is 0 Å². The maximum atomic E-state index is 6.07. The number of aromatic nitrogens is 2. The number of methoxy groups -OCH3 is 1. The van der Waals surface area contributed by atoms with E-state index in [4.69, 9.17) is 16.3 Å². The first-order valence-electron chi connectivity index (χ1n) is 6.35. The van der Waals surface area contributed by atoms with Crippen LogP contribution in [0.25, 0.3) is 0 Å². The van der Waals surface area contributed by atoms with Crippen LogP contribution in [-0.2, 0) is 11.2 Å². The average Bonchev–Trinajstić information content (AvgIpc) is 2.40. The van der Waals surface area contributed by atoms with Gasteiger partial charge in [0, 0.05) is 12.8 Å². The van der Waals surface area contributed by atoms with E-state index in [2.05, 4.69) is 16.9 Å². The zero-order valence-electron chi connectivity index (χ0n) is 11.1. The van der Waals surface area contributed by atoms with Crippen molar-refractivity contribution in [2.45, 2.75) is 25.9 Å². The summed E-state index contributed by atoms with van der Waals surface area (Å²) in [5.41, 5.74) is 1.98. The van der Waals surface area contributed by atoms with Crippen molar-refractivity contribution in [1.82, 2.24) is 9.97 Å². The highest BCUT2D eigenvalue weighted by Gasteiger charge is 2.17. The Morgan fingerprint density at radius 2 is 1.95 bits per heavy atom. The first-order chi connectivity index (χ1) is 9.24. The Bertz CT molecular complexity index is 531. The molecule has 0 spiro atoms. The summed E-state index contributed by atoms with van der Waals surface area (Å²) in [5, 5.41) is 0.464. The monoisotopic (exact) mass is 276 g/mol. The molecule has 19 heavy (non-hydrogen) atoms. The van der Waals surface area contributed by atoms with Gasteiger partial charge in [0.1, 0.15) is 11.3 Å². The van der Waals surface area contributed by atoms with E-state index in [0.29, 0.717) is 11.0 Å². The van der Waals surface area contributed by atoms with Crippen LogP contribution in [0.1, 0.15) is 36.5 Å². The molecule has 0 aliphatic heterocycles. The average molecular weight is 277 g/mol. The molecule has 0 bridgehead atoms. The van der Waals surface area contributed by atoms with Crippen molar-refractivity contribution in [3.8, 4) is 0 Å². The summed E-state index contributed by atoms with van der Waals surface area (Å²) in [4.78, 5) is 8.84. The molecule has 2 rings (SSSR count). The summed E-state index contributed by atoms with van der Waals surface area (Å²) in [6.45, 7) is 2.11. The minimum Gasteiger partial charge on any atom is -0.369 e. The number of rotatable bonds is 5. The first kappa shape index (κ1) is 14.0. The summed E-state index contributed by atoms with van der Waals surface area (Å²) < 4.78 is 5.53. The molecule has 0 aliphatic rings. The van der Waals surface area contributed by atoms with Crippen molar-refractivity contribution in [3.63, 3.8) is 0 Å². The van der Waals surface area contributed by atoms with Gasteiger partial charge in [-0.1, -0.05) is 55.3 Å². The van der Waals surface area contributed by atoms with Gasteiger partial charge >= 0.3 is 0 Å². The molecule has 0 saturated heterocycles. The maximum absolute atomic E-state index is 6.07. The molecule has 0 aliphatic carbocycles. The second-order valence-electron chi connectivity index (χ2n) is 4.32. The Balaban J connectivity index is 2.38. The van der Waals surface area contributed by atoms with Crippen LogP contribution in [0.3, 0.4) is 0 Å². The van der Waals surface area contributed by atoms with Crippen LogP contribution in [0.4, 0.5) is 0 Å². The molecule has 1 atom stereocenters. The van der Waals surface area contributed by atoms with Crippen LogP contribution >= 0.6 is 11.6 Å². The molecule has 0 radical (unpaired) electrons. The van der Waals surface area contributed by atoms with Gasteiger partial charge in [0.25, 0.3) is 0 Å². The van der Waals surface area contributed by atoms with Gasteiger partial charge in [-0.2, -0.15) is 0 Å². The zero-order chi connectivity index (χ0) is 13.7. The summed E-state index contributed by atoms with van der Waals surface area (Å²) in [6.07, 6.45) is 1.63. The fourth-order valence-electron chi connectivity index (χ4n) is 2.00. The molecule has 1 heterocycles. The zero-order valence-corrected chi connectivity index (χ0v) is 11.9. The van der Waals surface area contributed by atoms with Gasteiger partial charge < -0.3 is 4.74 Å². The van der Waals surface area contributed by atoms with Gasteiger partial charge in [0.2, 0.25) is 0 Å². The molecule has 100 valence electrons. The second-order valence-corrected chi connectivity index (χ2v) is 4.70. The van der Waals surface area contributed by atoms with Gasteiger partial charge in [0.15, 0.2) is 5.82 Å². The number of ether oxygens (including phenoxy) is 1. The van der Waals surface area contributed by atoms with Crippen LogP contribution in [0.2, 0.25) is 5.15 Å². The molecular formula is C15H17ClN2O. The lowest BCUT2D eigenvalue weighted by Crippen LogP contribution is -2.10. The number of nitrogens with zero attached hydrogens (tertiary/aromatic N) is 2. The van der Waals surface area contributed by atoms with Gasteiger partial charge in [0.05, 0.1) is 0 Å². The predicted octanol–water partition coefficient (Wildman–Crippen LogP) is 3.82. The Kier molecular flexibility index (Phi) is 4.88. The predicted molar refractivity (Wildman–Crippen MR) is 76.3 cm³/mol. The van der Waals surface area contributed by atoms with Crippen LogP contribution in [0, 0.1) is 0 Å². The van der Waals surface area contributed by atoms with Crippen LogP contribution < -0.4 is 0 Å². The topological polar surface area (TPSA) is 35.0 Å². The molecule has 0 saturated carbocycles. The molecular weight excluding hydrogens is 260 g/mol. The van der Waals surface area contributed by atoms with Crippen LogP contribution in [0.5, 0.6) is 0 Å². The first-order valence-corrected chi connectivity index (χ1v) is 6.73. The Morgan fingerprint density at radius 1 is 1.21 bits per heavy atom. The fraction of sp³-hybridized carbons (Fsp3) is 0.333. The lowest BCUT2D eigenvalue weighted by atomic mass is 10.1. The molecule has 0 fully saturated rings. The van der Waals surface area contributed by atoms with E-state index >= 15 is 0 Å². The lowest BCUT2D eigenvalue weighted by molar-refractivity contribution is 0.129. The quantitative estimate of drug-likeness (QED) is 0.779. The molecule has 1 unspecified atom stereocenters. The summed E-state index contributed by atoms with van der Waals surface area (Å²) in [7, 11) is 1.65. The summed E-state index contributed by atoms with van der Waals surface area (Å²) in [5.74, 6) is 0.615. The van der Waals surface area contributed by atoms with E-state index in [0.717, 1.165) is 24.1 Å². The Labute approximate surface area is 118 Å². The molecule has 2 aromatic rings. The normalized spacial score (nSPS) is 12.4. The standard InChI is InChI=1S/C15H17ClN2O/c1-3-7-12-10-13(16)18-15(17-12)14(19-2)11-8-5-4-6-9-11/h4-6,8-10,14H,3,7H2,1-2H3. The second kappa shape index (κ2) is 6.64. The van der Waals surface area contributed by atoms with Crippen molar-refractivity contribution >= 4 is 11.6 Å². The Morgan fingerprint density at radius 3 is 2.58 bits per heavy atom. The number of hydrogen-bond acceptors (Lipinski definition) is 3. The molecule has 0 N–H and O–H groups in total. The van der Waals surface area contributed by atoms with E-state index < -0.39 is 0 Å². The third kappa shape index (κ3) is 3.52. The van der Waals surface area contributed by atoms with Gasteiger partial charge in [-0.05, 0) is 18.1 Å². The van der Waals surface area contributed by atoms with E-state index in [9.17, 15) is 0 Å². The van der Waals surface area contributed by atoms with E-state index in [1.54, 1.807) is 7.11 Å². The minimum atomic E-state index is -0.282. The largest absolute Gasteiger partial charge is 0.369 e. The molecule has 1 aromatic heterocycles. The Hall–Kier alpha value is -1.45. The van der Waals surface area contributed by atoms with Gasteiger partial charge in [-0.3, -0.25) is 0 Å².